The molecule has 1 rings (SSSR count). The lowest BCUT2D eigenvalue weighted by Crippen LogP contribution is -2.37. The molecule has 0 bridgehead atoms. The van der Waals surface area contributed by atoms with Crippen molar-refractivity contribution in [1.29, 1.82) is 0 Å². The number of benzene rings is 1. The van der Waals surface area contributed by atoms with Crippen LogP contribution in [-0.4, -0.2) is 18.5 Å². The monoisotopic (exact) mass is 278 g/mol. The van der Waals surface area contributed by atoms with Crippen LogP contribution in [0.25, 0.3) is 0 Å². The molecule has 0 aromatic heterocycles. The lowest BCUT2D eigenvalue weighted by molar-refractivity contribution is -0.121. The highest BCUT2D eigenvalue weighted by molar-refractivity contribution is 6.39. The minimum absolute atomic E-state index is 0.145. The van der Waals surface area contributed by atoms with E-state index < -0.39 is 11.9 Å². The first kappa shape index (κ1) is 14.1. The van der Waals surface area contributed by atoms with Crippen LogP contribution in [0.3, 0.4) is 0 Å². The SMILES string of the molecule is CCNC(=O)C(C)Nc1c(Cl)cc(F)cc1Cl. The van der Waals surface area contributed by atoms with Gasteiger partial charge >= 0.3 is 0 Å². The molecule has 1 atom stereocenters. The van der Waals surface area contributed by atoms with E-state index in [9.17, 15) is 9.18 Å². The summed E-state index contributed by atoms with van der Waals surface area (Å²) in [7, 11) is 0. The Morgan fingerprint density at radius 3 is 2.41 bits per heavy atom. The molecule has 0 aliphatic heterocycles. The molecule has 0 aliphatic rings. The molecule has 1 aromatic carbocycles. The predicted molar refractivity (Wildman–Crippen MR) is 68.2 cm³/mol. The summed E-state index contributed by atoms with van der Waals surface area (Å²) in [6, 6.07) is 1.77. The van der Waals surface area contributed by atoms with Gasteiger partial charge in [-0.25, -0.2) is 4.39 Å². The molecule has 2 N–H and O–H groups in total. The highest BCUT2D eigenvalue weighted by atomic mass is 35.5. The van der Waals surface area contributed by atoms with Crippen molar-refractivity contribution in [2.45, 2.75) is 19.9 Å². The Labute approximate surface area is 109 Å². The molecule has 94 valence electrons. The second-order valence-corrected chi connectivity index (χ2v) is 4.32. The van der Waals surface area contributed by atoms with Crippen LogP contribution in [0, 0.1) is 5.82 Å². The number of nitrogens with one attached hydrogen (secondary N) is 2. The van der Waals surface area contributed by atoms with Crippen molar-refractivity contribution in [3.63, 3.8) is 0 Å². The molecule has 0 saturated heterocycles. The number of likely N-dealkylation sites (N-methyl/N-ethyl adjacent to an activating group) is 1. The fourth-order valence-corrected chi connectivity index (χ4v) is 1.86. The molecule has 6 heteroatoms. The second-order valence-electron chi connectivity index (χ2n) is 3.51. The van der Waals surface area contributed by atoms with Gasteiger partial charge in [0.25, 0.3) is 0 Å². The summed E-state index contributed by atoms with van der Waals surface area (Å²) in [4.78, 5) is 11.5. The molecule has 0 aliphatic carbocycles. The van der Waals surface area contributed by atoms with Crippen LogP contribution in [0.2, 0.25) is 10.0 Å². The molecular weight excluding hydrogens is 266 g/mol. The standard InChI is InChI=1S/C11H13Cl2FN2O/c1-3-15-11(17)6(2)16-10-8(12)4-7(14)5-9(10)13/h4-6,16H,3H2,1-2H3,(H,15,17). The van der Waals surface area contributed by atoms with Gasteiger partial charge in [-0.05, 0) is 26.0 Å². The summed E-state index contributed by atoms with van der Waals surface area (Å²) < 4.78 is 12.9. The van der Waals surface area contributed by atoms with Gasteiger partial charge in [-0.3, -0.25) is 4.79 Å². The van der Waals surface area contributed by atoms with Crippen molar-refractivity contribution >= 4 is 34.8 Å². The van der Waals surface area contributed by atoms with Crippen molar-refractivity contribution in [2.75, 3.05) is 11.9 Å². The summed E-state index contributed by atoms with van der Waals surface area (Å²) in [5, 5.41) is 5.79. The van der Waals surface area contributed by atoms with Gasteiger partial charge in [0.05, 0.1) is 15.7 Å². The van der Waals surface area contributed by atoms with Gasteiger partial charge < -0.3 is 10.6 Å². The number of hydrogen-bond acceptors (Lipinski definition) is 2. The summed E-state index contributed by atoms with van der Waals surface area (Å²) in [5.41, 5.74) is 0.355. The van der Waals surface area contributed by atoms with Crippen LogP contribution in [-0.2, 0) is 4.79 Å². The number of halogens is 3. The van der Waals surface area contributed by atoms with E-state index in [-0.39, 0.29) is 16.0 Å². The van der Waals surface area contributed by atoms with Gasteiger partial charge in [-0.2, -0.15) is 0 Å². The van der Waals surface area contributed by atoms with Gasteiger partial charge in [0.15, 0.2) is 0 Å². The Kier molecular flexibility index (Phi) is 5.02. The van der Waals surface area contributed by atoms with Crippen molar-refractivity contribution in [2.24, 2.45) is 0 Å². The van der Waals surface area contributed by atoms with Crippen LogP contribution in [0.15, 0.2) is 12.1 Å². The number of carbonyl (C=O) groups excluding carboxylic acids is 1. The fraction of sp³-hybridized carbons (Fsp3) is 0.364. The fourth-order valence-electron chi connectivity index (χ4n) is 1.29. The zero-order valence-electron chi connectivity index (χ0n) is 9.48. The molecule has 0 radical (unpaired) electrons. The van der Waals surface area contributed by atoms with E-state index in [0.29, 0.717) is 12.2 Å². The van der Waals surface area contributed by atoms with Crippen LogP contribution in [0.4, 0.5) is 10.1 Å². The third-order valence-corrected chi connectivity index (χ3v) is 2.71. The van der Waals surface area contributed by atoms with Crippen molar-refractivity contribution in [3.05, 3.63) is 28.0 Å². The third-order valence-electron chi connectivity index (χ3n) is 2.11. The lowest BCUT2D eigenvalue weighted by atomic mass is 10.2. The van der Waals surface area contributed by atoms with Crippen LogP contribution >= 0.6 is 23.2 Å². The van der Waals surface area contributed by atoms with Crippen molar-refractivity contribution < 1.29 is 9.18 Å². The number of rotatable bonds is 4. The summed E-state index contributed by atoms with van der Waals surface area (Å²) >= 11 is 11.7. The van der Waals surface area contributed by atoms with E-state index in [0.717, 1.165) is 12.1 Å². The predicted octanol–water partition coefficient (Wildman–Crippen LogP) is 3.07. The van der Waals surface area contributed by atoms with Crippen LogP contribution < -0.4 is 10.6 Å². The summed E-state index contributed by atoms with van der Waals surface area (Å²) in [5.74, 6) is -0.694. The number of hydrogen-bond donors (Lipinski definition) is 2. The van der Waals surface area contributed by atoms with Gasteiger partial charge in [-0.15, -0.1) is 0 Å². The third kappa shape index (κ3) is 3.75. The minimum Gasteiger partial charge on any atom is -0.371 e. The first-order valence-electron chi connectivity index (χ1n) is 5.14. The average molecular weight is 279 g/mol. The Balaban J connectivity index is 2.85. The van der Waals surface area contributed by atoms with E-state index in [1.807, 2.05) is 6.92 Å². The molecule has 0 saturated carbocycles. The number of carbonyl (C=O) groups is 1. The Bertz CT molecular complexity index is 403. The first-order valence-corrected chi connectivity index (χ1v) is 5.90. The Morgan fingerprint density at radius 2 is 1.94 bits per heavy atom. The summed E-state index contributed by atoms with van der Waals surface area (Å²) in [6.45, 7) is 4.03. The smallest absolute Gasteiger partial charge is 0.242 e. The molecule has 0 heterocycles. The van der Waals surface area contributed by atoms with Crippen molar-refractivity contribution in [1.82, 2.24) is 5.32 Å². The number of amides is 1. The molecule has 17 heavy (non-hydrogen) atoms. The lowest BCUT2D eigenvalue weighted by Gasteiger charge is -2.16. The summed E-state index contributed by atoms with van der Waals surface area (Å²) in [6.07, 6.45) is 0. The molecule has 1 unspecified atom stereocenters. The topological polar surface area (TPSA) is 41.1 Å². The Morgan fingerprint density at radius 1 is 1.41 bits per heavy atom. The quantitative estimate of drug-likeness (QED) is 0.889. The largest absolute Gasteiger partial charge is 0.371 e. The van der Waals surface area contributed by atoms with Gasteiger partial charge in [0.2, 0.25) is 5.91 Å². The molecule has 3 nitrogen and oxygen atoms in total. The highest BCUT2D eigenvalue weighted by Crippen LogP contribution is 2.31. The highest BCUT2D eigenvalue weighted by Gasteiger charge is 2.15. The van der Waals surface area contributed by atoms with E-state index in [4.69, 9.17) is 23.2 Å². The average Bonchev–Trinajstić information content (AvgIpc) is 2.23. The molecule has 1 amide bonds. The molecule has 1 aromatic rings. The number of anilines is 1. The zero-order valence-corrected chi connectivity index (χ0v) is 11.0. The molecular formula is C11H13Cl2FN2O. The second kappa shape index (κ2) is 6.07. The van der Waals surface area contributed by atoms with E-state index in [1.54, 1.807) is 6.92 Å². The maximum absolute atomic E-state index is 12.9. The van der Waals surface area contributed by atoms with E-state index >= 15 is 0 Å². The van der Waals surface area contributed by atoms with Gasteiger partial charge in [-0.1, -0.05) is 23.2 Å². The Hall–Kier alpha value is -1.00. The zero-order chi connectivity index (χ0) is 13.0. The molecule has 0 fully saturated rings. The molecule has 0 spiro atoms. The van der Waals surface area contributed by atoms with Gasteiger partial charge in [0.1, 0.15) is 11.9 Å². The first-order chi connectivity index (χ1) is 7.95. The minimum atomic E-state index is -0.517. The van der Waals surface area contributed by atoms with Gasteiger partial charge in [0, 0.05) is 6.54 Å². The van der Waals surface area contributed by atoms with E-state index in [1.165, 1.54) is 0 Å². The van der Waals surface area contributed by atoms with Crippen molar-refractivity contribution in [3.8, 4) is 0 Å². The maximum atomic E-state index is 12.9. The normalized spacial score (nSPS) is 12.1. The van der Waals surface area contributed by atoms with E-state index in [2.05, 4.69) is 10.6 Å². The van der Waals surface area contributed by atoms with Crippen LogP contribution in [0.1, 0.15) is 13.8 Å². The van der Waals surface area contributed by atoms with Crippen LogP contribution in [0.5, 0.6) is 0 Å². The maximum Gasteiger partial charge on any atom is 0.242 e.